The highest BCUT2D eigenvalue weighted by Crippen LogP contribution is 2.44. The number of hydrogen-bond acceptors (Lipinski definition) is 6. The molecule has 0 aliphatic carbocycles. The zero-order chi connectivity index (χ0) is 24.6. The first kappa shape index (κ1) is 23.6. The predicted molar refractivity (Wildman–Crippen MR) is 139 cm³/mol. The molecule has 2 N–H and O–H groups in total. The minimum atomic E-state index is -0.467. The lowest BCUT2D eigenvalue weighted by Gasteiger charge is -2.16. The highest BCUT2D eigenvalue weighted by atomic mass is 32.1. The van der Waals surface area contributed by atoms with E-state index in [0.29, 0.717) is 17.5 Å². The molecule has 2 aromatic heterocycles. The molecule has 0 unspecified atom stereocenters. The number of phenols is 2. The Morgan fingerprint density at radius 3 is 2.26 bits per heavy atom. The highest BCUT2D eigenvalue weighted by Gasteiger charge is 2.27. The summed E-state index contributed by atoms with van der Waals surface area (Å²) in [4.78, 5) is 14.4. The minimum absolute atomic E-state index is 0.0221. The van der Waals surface area contributed by atoms with Crippen LogP contribution in [0.1, 0.15) is 38.8 Å². The van der Waals surface area contributed by atoms with Gasteiger partial charge in [-0.05, 0) is 58.1 Å². The molecule has 0 radical (unpaired) electrons. The number of thiophene rings is 1. The van der Waals surface area contributed by atoms with Gasteiger partial charge in [-0.15, -0.1) is 11.3 Å². The van der Waals surface area contributed by atoms with Crippen molar-refractivity contribution >= 4 is 32.4 Å². The van der Waals surface area contributed by atoms with Crippen LogP contribution in [-0.2, 0) is 12.8 Å². The maximum Gasteiger partial charge on any atom is 0.239 e. The van der Waals surface area contributed by atoms with Gasteiger partial charge in [0.15, 0.2) is 5.76 Å². The topological polar surface area (TPSA) is 79.9 Å². The smallest absolute Gasteiger partial charge is 0.239 e. The molecular weight excluding hydrogens is 448 g/mol. The number of methoxy groups -OCH3 is 1. The molecule has 2 aromatic carbocycles. The van der Waals surface area contributed by atoms with Gasteiger partial charge >= 0.3 is 0 Å². The molecule has 0 aliphatic rings. The van der Waals surface area contributed by atoms with E-state index >= 15 is 0 Å². The van der Waals surface area contributed by atoms with E-state index in [1.807, 2.05) is 70.2 Å². The van der Waals surface area contributed by atoms with Crippen LogP contribution < -0.4 is 10.2 Å². The van der Waals surface area contributed by atoms with E-state index in [4.69, 9.17) is 9.15 Å². The average molecular weight is 477 g/mol. The molecule has 0 aliphatic heterocycles. The van der Waals surface area contributed by atoms with Crippen molar-refractivity contribution in [1.82, 2.24) is 0 Å². The van der Waals surface area contributed by atoms with Crippen molar-refractivity contribution in [3.05, 3.63) is 75.0 Å². The Kier molecular flexibility index (Phi) is 6.53. The molecule has 0 amide bonds. The number of phenolic OH excluding ortho intramolecular Hbond substituents is 2. The van der Waals surface area contributed by atoms with Crippen LogP contribution in [0, 0.1) is 0 Å². The number of rotatable bonds is 6. The molecule has 5 nitrogen and oxygen atoms in total. The normalized spacial score (nSPS) is 11.1. The number of benzene rings is 2. The number of fused-ring (bicyclic) bond motifs is 2. The van der Waals surface area contributed by atoms with Crippen molar-refractivity contribution < 1.29 is 19.4 Å². The first-order valence-electron chi connectivity index (χ1n) is 11.1. The van der Waals surface area contributed by atoms with Crippen molar-refractivity contribution in [2.75, 3.05) is 7.11 Å². The Morgan fingerprint density at radius 2 is 1.65 bits per heavy atom. The summed E-state index contributed by atoms with van der Waals surface area (Å²) in [7, 11) is 1.42. The number of hydrogen-bond donors (Lipinski definition) is 2. The van der Waals surface area contributed by atoms with Crippen LogP contribution in [0.25, 0.3) is 31.7 Å². The van der Waals surface area contributed by atoms with E-state index < -0.39 is 5.43 Å². The number of allylic oxidation sites excluding steroid dienone is 4. The van der Waals surface area contributed by atoms with E-state index in [-0.39, 0.29) is 40.4 Å². The van der Waals surface area contributed by atoms with Crippen LogP contribution in [0.2, 0.25) is 0 Å². The lowest BCUT2D eigenvalue weighted by molar-refractivity contribution is 0.396. The summed E-state index contributed by atoms with van der Waals surface area (Å²) < 4.78 is 12.9. The average Bonchev–Trinajstić information content (AvgIpc) is 3.22. The highest BCUT2D eigenvalue weighted by molar-refractivity contribution is 7.22. The van der Waals surface area contributed by atoms with E-state index in [9.17, 15) is 15.0 Å². The lowest BCUT2D eigenvalue weighted by atomic mass is 9.96. The van der Waals surface area contributed by atoms with Crippen molar-refractivity contribution in [2.24, 2.45) is 0 Å². The summed E-state index contributed by atoms with van der Waals surface area (Å²) in [5.74, 6) is -0.0200. The molecule has 0 bridgehead atoms. The second kappa shape index (κ2) is 9.39. The Morgan fingerprint density at radius 1 is 1.00 bits per heavy atom. The van der Waals surface area contributed by atoms with Gasteiger partial charge < -0.3 is 19.4 Å². The molecule has 0 saturated heterocycles. The van der Waals surface area contributed by atoms with Crippen molar-refractivity contribution in [2.45, 2.75) is 40.5 Å². The summed E-state index contributed by atoms with van der Waals surface area (Å²) in [6.45, 7) is 7.80. The molecule has 0 saturated carbocycles. The first-order chi connectivity index (χ1) is 16.2. The molecule has 2 heterocycles. The summed E-state index contributed by atoms with van der Waals surface area (Å²) in [5, 5.41) is 23.3. The summed E-state index contributed by atoms with van der Waals surface area (Å²) in [6.07, 6.45) is 4.50. The third kappa shape index (κ3) is 4.21. The van der Waals surface area contributed by atoms with Crippen molar-refractivity contribution in [1.29, 1.82) is 0 Å². The second-order valence-electron chi connectivity index (χ2n) is 8.77. The van der Waals surface area contributed by atoms with Crippen LogP contribution in [0.3, 0.4) is 0 Å². The maximum absolute atomic E-state index is 13.6. The zero-order valence-electron chi connectivity index (χ0n) is 20.0. The summed E-state index contributed by atoms with van der Waals surface area (Å²) in [6, 6.07) is 9.86. The fraction of sp³-hybridized carbons (Fsp3) is 0.250. The van der Waals surface area contributed by atoms with Gasteiger partial charge in [0.1, 0.15) is 22.5 Å². The Hall–Kier alpha value is -3.51. The van der Waals surface area contributed by atoms with Gasteiger partial charge in [0.05, 0.1) is 12.0 Å². The standard InChI is InChI=1S/C28H28O5S/c1-15(2)10-12-18-23(29)19(13-11-16(3)4)26-22(24(18)30)25(31)28(32-5)27(33-26)21-14-17-8-6-7-9-20(17)34-21/h6-11,14,29-30H,12-13H2,1-5H3. The largest absolute Gasteiger partial charge is 0.507 e. The molecule has 0 atom stereocenters. The fourth-order valence-corrected chi connectivity index (χ4v) is 4.98. The van der Waals surface area contributed by atoms with Crippen LogP contribution in [0.4, 0.5) is 0 Å². The van der Waals surface area contributed by atoms with Crippen molar-refractivity contribution in [3.8, 4) is 27.9 Å². The summed E-state index contributed by atoms with van der Waals surface area (Å²) >= 11 is 1.49. The maximum atomic E-state index is 13.6. The van der Waals surface area contributed by atoms with Gasteiger partial charge in [-0.3, -0.25) is 4.79 Å². The summed E-state index contributed by atoms with van der Waals surface area (Å²) in [5.41, 5.74) is 2.57. The van der Waals surface area contributed by atoms with Crippen LogP contribution in [-0.4, -0.2) is 17.3 Å². The van der Waals surface area contributed by atoms with Gasteiger partial charge in [-0.1, -0.05) is 41.5 Å². The SMILES string of the molecule is COc1c(-c2cc3ccccc3s2)oc2c(CC=C(C)C)c(O)c(CC=C(C)C)c(O)c2c1=O. The molecule has 0 fully saturated rings. The van der Waals surface area contributed by atoms with Crippen LogP contribution in [0.5, 0.6) is 17.2 Å². The zero-order valence-corrected chi connectivity index (χ0v) is 20.8. The van der Waals surface area contributed by atoms with Crippen LogP contribution in [0.15, 0.2) is 62.8 Å². The minimum Gasteiger partial charge on any atom is -0.507 e. The number of ether oxygens (including phenoxy) is 1. The molecule has 176 valence electrons. The van der Waals surface area contributed by atoms with E-state index in [1.165, 1.54) is 18.4 Å². The second-order valence-corrected chi connectivity index (χ2v) is 9.86. The molecule has 34 heavy (non-hydrogen) atoms. The third-order valence-corrected chi connectivity index (χ3v) is 6.84. The molecule has 0 spiro atoms. The van der Waals surface area contributed by atoms with Gasteiger partial charge in [-0.2, -0.15) is 0 Å². The van der Waals surface area contributed by atoms with E-state index in [2.05, 4.69) is 0 Å². The van der Waals surface area contributed by atoms with Crippen LogP contribution >= 0.6 is 11.3 Å². The molecule has 6 heteroatoms. The fourth-order valence-electron chi connectivity index (χ4n) is 3.94. The van der Waals surface area contributed by atoms with E-state index in [0.717, 1.165) is 26.1 Å². The first-order valence-corrected chi connectivity index (χ1v) is 11.9. The predicted octanol–water partition coefficient (Wildman–Crippen LogP) is 7.11. The quantitative estimate of drug-likeness (QED) is 0.290. The molecule has 4 rings (SSSR count). The third-order valence-electron chi connectivity index (χ3n) is 5.72. The Labute approximate surface area is 202 Å². The number of aromatic hydroxyl groups is 2. The molecule has 4 aromatic rings. The van der Waals surface area contributed by atoms with Gasteiger partial charge in [0.2, 0.25) is 11.2 Å². The van der Waals surface area contributed by atoms with Gasteiger partial charge in [-0.25, -0.2) is 0 Å². The van der Waals surface area contributed by atoms with Crippen molar-refractivity contribution in [3.63, 3.8) is 0 Å². The lowest BCUT2D eigenvalue weighted by Crippen LogP contribution is -2.10. The monoisotopic (exact) mass is 476 g/mol. The van der Waals surface area contributed by atoms with E-state index in [1.54, 1.807) is 0 Å². The van der Waals surface area contributed by atoms with Gasteiger partial charge in [0, 0.05) is 15.8 Å². The molecular formula is C28H28O5S. The Bertz CT molecular complexity index is 1480. The Balaban J connectivity index is 2.10. The van der Waals surface area contributed by atoms with Gasteiger partial charge in [0.25, 0.3) is 0 Å².